The minimum absolute atomic E-state index is 0.547. The van der Waals surface area contributed by atoms with Gasteiger partial charge in [0.2, 0.25) is 0 Å². The molecule has 0 spiro atoms. The summed E-state index contributed by atoms with van der Waals surface area (Å²) in [5.74, 6) is 0.641. The van der Waals surface area contributed by atoms with E-state index < -0.39 is 0 Å². The lowest BCUT2D eigenvalue weighted by molar-refractivity contribution is 0.158. The van der Waals surface area contributed by atoms with E-state index in [4.69, 9.17) is 0 Å². The highest BCUT2D eigenvalue weighted by atomic mass is 15.2. The van der Waals surface area contributed by atoms with E-state index in [-0.39, 0.29) is 0 Å². The average molecular weight is 203 g/mol. The maximum atomic E-state index is 2.48. The molecule has 3 unspecified atom stereocenters. The summed E-state index contributed by atoms with van der Waals surface area (Å²) in [5, 5.41) is 0. The predicted octanol–water partition coefficient (Wildman–Crippen LogP) is 3.49. The Bertz CT molecular complexity index is 370. The highest BCUT2D eigenvalue weighted by Crippen LogP contribution is 2.38. The summed E-state index contributed by atoms with van der Waals surface area (Å²) in [6.45, 7) is 9.14. The van der Waals surface area contributed by atoms with Crippen molar-refractivity contribution in [3.8, 4) is 0 Å². The topological polar surface area (TPSA) is 3.24 Å². The molecule has 1 aromatic rings. The van der Waals surface area contributed by atoms with Crippen LogP contribution in [-0.2, 0) is 0 Å². The minimum atomic E-state index is 0.547. The smallest absolute Gasteiger partial charge is 0.0322 e. The third-order valence-corrected chi connectivity index (χ3v) is 4.16. The molecule has 0 radical (unpaired) electrons. The molecule has 0 aliphatic carbocycles. The highest BCUT2D eigenvalue weighted by molar-refractivity contribution is 5.38. The van der Waals surface area contributed by atoms with Gasteiger partial charge in [0.15, 0.2) is 0 Å². The first-order chi connectivity index (χ1) is 7.02. The fraction of sp³-hybridized carbons (Fsp3) is 0.571. The fourth-order valence-electron chi connectivity index (χ4n) is 2.66. The summed E-state index contributed by atoms with van der Waals surface area (Å²) < 4.78 is 0. The van der Waals surface area contributed by atoms with Crippen LogP contribution in [0, 0.1) is 6.92 Å². The average Bonchev–Trinajstić information content (AvgIpc) is 2.23. The molecule has 0 saturated carbocycles. The summed E-state index contributed by atoms with van der Waals surface area (Å²) in [6.07, 6.45) is 0. The van der Waals surface area contributed by atoms with E-state index in [0.29, 0.717) is 18.0 Å². The monoisotopic (exact) mass is 203 g/mol. The van der Waals surface area contributed by atoms with Crippen LogP contribution in [0.5, 0.6) is 0 Å². The zero-order valence-electron chi connectivity index (χ0n) is 10.4. The van der Waals surface area contributed by atoms with E-state index in [1.165, 1.54) is 11.1 Å². The minimum Gasteiger partial charge on any atom is -0.296 e. The van der Waals surface area contributed by atoms with E-state index in [1.807, 2.05) is 0 Å². The number of likely N-dealkylation sites (N-methyl/N-ethyl adjacent to an activating group) is 1. The van der Waals surface area contributed by atoms with Crippen LogP contribution in [-0.4, -0.2) is 18.0 Å². The first-order valence-corrected chi connectivity index (χ1v) is 5.84. The van der Waals surface area contributed by atoms with Gasteiger partial charge in [-0.1, -0.05) is 30.7 Å². The summed E-state index contributed by atoms with van der Waals surface area (Å²) in [4.78, 5) is 2.48. The molecule has 82 valence electrons. The first kappa shape index (κ1) is 10.7. The number of fused-ring (bicyclic) bond motifs is 1. The molecule has 1 aromatic carbocycles. The SMILES string of the molecule is Cc1ccc2c(c1)C(C)N(C)C(C)C2C. The highest BCUT2D eigenvalue weighted by Gasteiger charge is 2.31. The standard InChI is InChI=1S/C14H21N/c1-9-6-7-13-10(2)11(3)15(5)12(4)14(13)8-9/h6-8,10-12H,1-5H3. The summed E-state index contributed by atoms with van der Waals surface area (Å²) in [5.41, 5.74) is 4.43. The van der Waals surface area contributed by atoms with Gasteiger partial charge in [-0.15, -0.1) is 0 Å². The van der Waals surface area contributed by atoms with Crippen LogP contribution in [0.3, 0.4) is 0 Å². The molecule has 0 bridgehead atoms. The van der Waals surface area contributed by atoms with Crippen LogP contribution in [0.2, 0.25) is 0 Å². The van der Waals surface area contributed by atoms with E-state index in [1.54, 1.807) is 5.56 Å². The summed E-state index contributed by atoms with van der Waals surface area (Å²) in [6, 6.07) is 8.08. The third kappa shape index (κ3) is 1.59. The maximum Gasteiger partial charge on any atom is 0.0322 e. The van der Waals surface area contributed by atoms with Gasteiger partial charge in [0, 0.05) is 12.1 Å². The van der Waals surface area contributed by atoms with Gasteiger partial charge < -0.3 is 0 Å². The van der Waals surface area contributed by atoms with Crippen LogP contribution >= 0.6 is 0 Å². The van der Waals surface area contributed by atoms with Crippen molar-refractivity contribution >= 4 is 0 Å². The van der Waals surface area contributed by atoms with Crippen LogP contribution in [0.4, 0.5) is 0 Å². The number of nitrogens with zero attached hydrogens (tertiary/aromatic N) is 1. The van der Waals surface area contributed by atoms with Crippen molar-refractivity contribution in [2.45, 2.75) is 45.7 Å². The van der Waals surface area contributed by atoms with Gasteiger partial charge in [-0.25, -0.2) is 0 Å². The molecule has 0 amide bonds. The summed E-state index contributed by atoms with van der Waals surface area (Å²) in [7, 11) is 2.23. The first-order valence-electron chi connectivity index (χ1n) is 5.84. The van der Waals surface area contributed by atoms with Crippen molar-refractivity contribution in [2.24, 2.45) is 0 Å². The Labute approximate surface area is 93.1 Å². The zero-order valence-corrected chi connectivity index (χ0v) is 10.4. The lowest BCUT2D eigenvalue weighted by Gasteiger charge is -2.42. The predicted molar refractivity (Wildman–Crippen MR) is 65.2 cm³/mol. The second kappa shape index (κ2) is 3.64. The van der Waals surface area contributed by atoms with Crippen molar-refractivity contribution in [3.63, 3.8) is 0 Å². The van der Waals surface area contributed by atoms with Gasteiger partial charge in [-0.3, -0.25) is 4.90 Å². The number of hydrogen-bond donors (Lipinski definition) is 0. The van der Waals surface area contributed by atoms with Crippen molar-refractivity contribution in [1.82, 2.24) is 4.90 Å². The van der Waals surface area contributed by atoms with Crippen molar-refractivity contribution < 1.29 is 0 Å². The molecule has 0 fully saturated rings. The molecular weight excluding hydrogens is 182 g/mol. The third-order valence-electron chi connectivity index (χ3n) is 4.16. The quantitative estimate of drug-likeness (QED) is 0.624. The number of hydrogen-bond acceptors (Lipinski definition) is 1. The fourth-order valence-corrected chi connectivity index (χ4v) is 2.66. The van der Waals surface area contributed by atoms with Crippen LogP contribution in [0.1, 0.15) is 49.4 Å². The van der Waals surface area contributed by atoms with Gasteiger partial charge in [-0.05, 0) is 44.9 Å². The Hall–Kier alpha value is -0.820. The zero-order chi connectivity index (χ0) is 11.2. The molecule has 0 aromatic heterocycles. The molecular formula is C14H21N. The van der Waals surface area contributed by atoms with Crippen molar-refractivity contribution in [3.05, 3.63) is 34.9 Å². The molecule has 1 aliphatic heterocycles. The Morgan fingerprint density at radius 1 is 1.07 bits per heavy atom. The van der Waals surface area contributed by atoms with Gasteiger partial charge in [0.1, 0.15) is 0 Å². The molecule has 3 atom stereocenters. The van der Waals surface area contributed by atoms with E-state index in [2.05, 4.69) is 57.8 Å². The molecule has 1 heterocycles. The van der Waals surface area contributed by atoms with Gasteiger partial charge in [0.25, 0.3) is 0 Å². The van der Waals surface area contributed by atoms with E-state index >= 15 is 0 Å². The molecule has 1 nitrogen and oxygen atoms in total. The largest absolute Gasteiger partial charge is 0.296 e. The Morgan fingerprint density at radius 3 is 2.40 bits per heavy atom. The second-order valence-corrected chi connectivity index (χ2v) is 5.00. The Morgan fingerprint density at radius 2 is 1.73 bits per heavy atom. The number of rotatable bonds is 0. The van der Waals surface area contributed by atoms with Crippen LogP contribution in [0.25, 0.3) is 0 Å². The molecule has 1 aliphatic rings. The van der Waals surface area contributed by atoms with E-state index in [0.717, 1.165) is 0 Å². The van der Waals surface area contributed by atoms with Crippen LogP contribution < -0.4 is 0 Å². The lowest BCUT2D eigenvalue weighted by atomic mass is 9.81. The van der Waals surface area contributed by atoms with E-state index in [9.17, 15) is 0 Å². The number of aryl methyl sites for hydroxylation is 1. The van der Waals surface area contributed by atoms with Gasteiger partial charge >= 0.3 is 0 Å². The summed E-state index contributed by atoms with van der Waals surface area (Å²) >= 11 is 0. The lowest BCUT2D eigenvalue weighted by Crippen LogP contribution is -2.40. The van der Waals surface area contributed by atoms with Crippen molar-refractivity contribution in [1.29, 1.82) is 0 Å². The van der Waals surface area contributed by atoms with Gasteiger partial charge in [0.05, 0.1) is 0 Å². The normalized spacial score (nSPS) is 31.4. The molecule has 0 saturated heterocycles. The van der Waals surface area contributed by atoms with Crippen molar-refractivity contribution in [2.75, 3.05) is 7.05 Å². The Balaban J connectivity index is 2.54. The molecule has 1 heteroatoms. The van der Waals surface area contributed by atoms with Crippen LogP contribution in [0.15, 0.2) is 18.2 Å². The number of benzene rings is 1. The second-order valence-electron chi connectivity index (χ2n) is 5.00. The van der Waals surface area contributed by atoms with Gasteiger partial charge in [-0.2, -0.15) is 0 Å². The Kier molecular flexibility index (Phi) is 2.59. The molecule has 0 N–H and O–H groups in total. The maximum absolute atomic E-state index is 2.48. The molecule has 15 heavy (non-hydrogen) atoms. The molecule has 2 rings (SSSR count).